The SMILES string of the molecule is CC[C@@]1(O)C(=O)OCc2c1cc1n(c2=O)Cc2c-1nc1cc(F)c(C)c3c1c2[C@@H](NC(=O)COCN(C)C(=O)OCc1ccc(CC(=O)[C@H](C)NC(=O)[C@@H](CC(=O)OCC2c4ccccc4-c4ccccc42)C(C)C)cc1)CC3. The number of pyridine rings is 2. The molecule has 2 aliphatic carbocycles. The van der Waals surface area contributed by atoms with Crippen LogP contribution in [0.3, 0.4) is 0 Å². The van der Waals surface area contributed by atoms with E-state index in [0.29, 0.717) is 62.9 Å². The summed E-state index contributed by atoms with van der Waals surface area (Å²) in [5.41, 5.74) is 7.24. The molecule has 0 saturated heterocycles. The number of aliphatic hydroxyl groups is 1. The summed E-state index contributed by atoms with van der Waals surface area (Å²) in [5.74, 6) is -3.91. The number of benzene rings is 4. The van der Waals surface area contributed by atoms with Gasteiger partial charge in [0.25, 0.3) is 5.56 Å². The number of nitrogens with zero attached hydrogens (tertiary/aromatic N) is 3. The first-order valence-electron chi connectivity index (χ1n) is 26.7. The second kappa shape index (κ2) is 22.0. The number of esters is 2. The van der Waals surface area contributed by atoms with Crippen LogP contribution >= 0.6 is 0 Å². The van der Waals surface area contributed by atoms with E-state index in [4.69, 9.17) is 23.9 Å². The van der Waals surface area contributed by atoms with Crippen LogP contribution in [-0.2, 0) is 81.1 Å². The molecule has 3 amide bonds. The Balaban J connectivity index is 0.691. The zero-order chi connectivity index (χ0) is 56.0. The predicted molar refractivity (Wildman–Crippen MR) is 288 cm³/mol. The summed E-state index contributed by atoms with van der Waals surface area (Å²) in [7, 11) is 1.46. The molecule has 2 aliphatic heterocycles. The van der Waals surface area contributed by atoms with Gasteiger partial charge in [0, 0.05) is 42.0 Å². The van der Waals surface area contributed by atoms with E-state index in [-0.39, 0.29) is 81.1 Å². The maximum Gasteiger partial charge on any atom is 0.411 e. The lowest BCUT2D eigenvalue weighted by Crippen LogP contribution is -2.44. The van der Waals surface area contributed by atoms with Gasteiger partial charge < -0.3 is 39.3 Å². The van der Waals surface area contributed by atoms with E-state index >= 15 is 4.39 Å². The number of amides is 3. The average molecular weight is 1080 g/mol. The molecule has 18 heteroatoms. The number of carbonyl (C=O) groups is 6. The molecule has 6 aromatic rings. The summed E-state index contributed by atoms with van der Waals surface area (Å²) in [4.78, 5) is 99.3. The van der Waals surface area contributed by atoms with Crippen molar-refractivity contribution in [3.8, 4) is 22.5 Å². The normalized spacial score (nSPS) is 17.4. The molecule has 0 saturated carbocycles. The highest BCUT2D eigenvalue weighted by atomic mass is 19.1. The van der Waals surface area contributed by atoms with Gasteiger partial charge in [0.1, 0.15) is 39.0 Å². The number of nitrogens with one attached hydrogen (secondary N) is 2. The molecular formula is C61H62FN5O12. The number of ketones is 1. The van der Waals surface area contributed by atoms with E-state index in [2.05, 4.69) is 22.8 Å². The summed E-state index contributed by atoms with van der Waals surface area (Å²) in [5, 5.41) is 17.9. The van der Waals surface area contributed by atoms with Crippen LogP contribution < -0.4 is 16.2 Å². The minimum Gasteiger partial charge on any atom is -0.465 e. The quantitative estimate of drug-likeness (QED) is 0.0431. The van der Waals surface area contributed by atoms with Gasteiger partial charge in [-0.1, -0.05) is 93.6 Å². The van der Waals surface area contributed by atoms with Crippen molar-refractivity contribution in [2.45, 2.75) is 110 Å². The first-order valence-corrected chi connectivity index (χ1v) is 26.7. The second-order valence-corrected chi connectivity index (χ2v) is 21.4. The van der Waals surface area contributed by atoms with Crippen LogP contribution in [-0.4, -0.2) is 88.2 Å². The number of hydrogen-bond acceptors (Lipinski definition) is 13. The maximum atomic E-state index is 15.4. The van der Waals surface area contributed by atoms with E-state index in [9.17, 15) is 38.7 Å². The summed E-state index contributed by atoms with van der Waals surface area (Å²) >= 11 is 0. The molecular weight excluding hydrogens is 1010 g/mol. The highest BCUT2D eigenvalue weighted by molar-refractivity contribution is 5.95. The number of halogens is 1. The number of aromatic nitrogens is 2. The molecule has 4 aromatic carbocycles. The zero-order valence-electron chi connectivity index (χ0n) is 44.9. The molecule has 0 spiro atoms. The monoisotopic (exact) mass is 1080 g/mol. The Bertz CT molecular complexity index is 3490. The van der Waals surface area contributed by atoms with Gasteiger partial charge in [0.05, 0.1) is 53.4 Å². The van der Waals surface area contributed by atoms with Crippen molar-refractivity contribution in [1.82, 2.24) is 25.1 Å². The van der Waals surface area contributed by atoms with Crippen LogP contribution in [0.5, 0.6) is 0 Å². The third kappa shape index (κ3) is 10.3. The molecule has 3 N–H and O–H groups in total. The molecule has 410 valence electrons. The van der Waals surface area contributed by atoms with Gasteiger partial charge in [-0.05, 0) is 95.2 Å². The number of fused-ring (bicyclic) bond motifs is 8. The number of hydrogen-bond donors (Lipinski definition) is 3. The van der Waals surface area contributed by atoms with E-state index < -0.39 is 71.4 Å². The highest BCUT2D eigenvalue weighted by Crippen LogP contribution is 2.47. The van der Waals surface area contributed by atoms with Crippen molar-refractivity contribution in [2.24, 2.45) is 11.8 Å². The van der Waals surface area contributed by atoms with E-state index in [1.54, 1.807) is 51.1 Å². The van der Waals surface area contributed by atoms with E-state index in [1.807, 2.05) is 50.2 Å². The summed E-state index contributed by atoms with van der Waals surface area (Å²) in [6.45, 7) is 7.78. The van der Waals surface area contributed by atoms with Gasteiger partial charge in [0.2, 0.25) is 11.8 Å². The topological polar surface area (TPSA) is 222 Å². The molecule has 0 radical (unpaired) electrons. The van der Waals surface area contributed by atoms with Crippen molar-refractivity contribution >= 4 is 46.5 Å². The molecule has 2 aromatic heterocycles. The molecule has 4 heterocycles. The lowest BCUT2D eigenvalue weighted by Gasteiger charge is -2.31. The standard InChI is InChI=1S/C61H62FN5O12/c1-7-61(75)46-24-50-56-43(26-67(50)58(72)45(46)29-78-59(61)73)55-48(21-20-37-33(4)47(62)25-49(65-56)54(37)55)64-52(69)30-76-31-66(6)60(74)79-27-36-18-16-35(17-19-36)22-51(68)34(5)63-57(71)42(32(2)3)23-53(70)77-28-44-40-14-10-8-12-38(40)39-13-9-11-15-41(39)44/h8-19,24-25,32,34,42,44,48,75H,7,20-23,26-31H2,1-6H3,(H,63,71)(H,64,69)/t34-,42-,48-,61-/m0/s1. The third-order valence-corrected chi connectivity index (χ3v) is 16.0. The molecule has 79 heavy (non-hydrogen) atoms. The van der Waals surface area contributed by atoms with Gasteiger partial charge in [-0.25, -0.2) is 19.0 Å². The van der Waals surface area contributed by atoms with Gasteiger partial charge >= 0.3 is 18.0 Å². The van der Waals surface area contributed by atoms with Crippen molar-refractivity contribution in [3.63, 3.8) is 0 Å². The second-order valence-electron chi connectivity index (χ2n) is 21.4. The van der Waals surface area contributed by atoms with Crippen LogP contribution in [0.15, 0.2) is 89.7 Å². The Hall–Kier alpha value is -8.09. The van der Waals surface area contributed by atoms with Crippen molar-refractivity contribution in [2.75, 3.05) is 27.0 Å². The summed E-state index contributed by atoms with van der Waals surface area (Å²) < 4.78 is 39.1. The Morgan fingerprint density at radius 3 is 2.29 bits per heavy atom. The van der Waals surface area contributed by atoms with Crippen LogP contribution in [0.2, 0.25) is 0 Å². The lowest BCUT2D eigenvalue weighted by molar-refractivity contribution is -0.172. The fourth-order valence-electron chi connectivity index (χ4n) is 11.5. The average Bonchev–Trinajstić information content (AvgIpc) is 3.85. The highest BCUT2D eigenvalue weighted by Gasteiger charge is 2.46. The Morgan fingerprint density at radius 2 is 1.61 bits per heavy atom. The van der Waals surface area contributed by atoms with Gasteiger partial charge in [-0.2, -0.15) is 0 Å². The molecule has 0 fully saturated rings. The number of Topliss-reactive ketones (excluding diaryl/α,β-unsaturated/α-hetero) is 1. The van der Waals surface area contributed by atoms with Crippen molar-refractivity contribution < 1.29 is 57.2 Å². The molecule has 4 aliphatic rings. The summed E-state index contributed by atoms with van der Waals surface area (Å²) in [6, 6.07) is 24.6. The van der Waals surface area contributed by atoms with Gasteiger partial charge in [0.15, 0.2) is 11.4 Å². The first kappa shape index (κ1) is 54.3. The van der Waals surface area contributed by atoms with Gasteiger partial charge in [-0.3, -0.25) is 28.9 Å². The fourth-order valence-corrected chi connectivity index (χ4v) is 11.5. The third-order valence-electron chi connectivity index (χ3n) is 16.0. The Morgan fingerprint density at radius 1 is 0.924 bits per heavy atom. The number of carbonyl (C=O) groups excluding carboxylic acids is 6. The first-order chi connectivity index (χ1) is 37.9. The molecule has 0 unspecified atom stereocenters. The number of aryl methyl sites for hydroxylation is 1. The van der Waals surface area contributed by atoms with E-state index in [1.165, 1.54) is 17.7 Å². The fraction of sp³-hybridized carbons (Fsp3) is 0.377. The number of cyclic esters (lactones) is 1. The maximum absolute atomic E-state index is 15.4. The van der Waals surface area contributed by atoms with Gasteiger partial charge in [-0.15, -0.1) is 0 Å². The lowest BCUT2D eigenvalue weighted by atomic mass is 9.81. The van der Waals surface area contributed by atoms with E-state index in [0.717, 1.165) is 32.7 Å². The Labute approximate surface area is 455 Å². The minimum atomic E-state index is -2.03. The predicted octanol–water partition coefficient (Wildman–Crippen LogP) is 7.51. The van der Waals surface area contributed by atoms with Crippen LogP contribution in [0.4, 0.5) is 9.18 Å². The Kier molecular flexibility index (Phi) is 15.1. The largest absolute Gasteiger partial charge is 0.465 e. The summed E-state index contributed by atoms with van der Waals surface area (Å²) in [6.07, 6.45) is -0.00393. The number of ether oxygens (including phenoxy) is 4. The molecule has 4 atom stereocenters. The molecule has 0 bridgehead atoms. The molecule has 17 nitrogen and oxygen atoms in total. The van der Waals surface area contributed by atoms with Crippen molar-refractivity contribution in [3.05, 3.63) is 157 Å². The van der Waals surface area contributed by atoms with Crippen LogP contribution in [0.25, 0.3) is 33.4 Å². The van der Waals surface area contributed by atoms with Crippen molar-refractivity contribution in [1.29, 1.82) is 0 Å². The molecule has 10 rings (SSSR count). The van der Waals surface area contributed by atoms with Crippen LogP contribution in [0, 0.1) is 24.6 Å². The minimum absolute atomic E-state index is 0.0269. The van der Waals surface area contributed by atoms with Crippen LogP contribution in [0.1, 0.15) is 115 Å². The smallest absolute Gasteiger partial charge is 0.411 e. The number of rotatable bonds is 18. The zero-order valence-corrected chi connectivity index (χ0v) is 44.9.